The number of nitrogens with zero attached hydrogens (tertiary/aromatic N) is 1. The Bertz CT molecular complexity index is 983. The van der Waals surface area contributed by atoms with Gasteiger partial charge in [-0.15, -0.1) is 0 Å². The molecule has 4 N–H and O–H groups in total. The van der Waals surface area contributed by atoms with Crippen molar-refractivity contribution in [1.82, 2.24) is 10.5 Å². The number of aliphatic hydroxyl groups excluding tert-OH is 1. The van der Waals surface area contributed by atoms with Gasteiger partial charge in [0.1, 0.15) is 11.8 Å². The van der Waals surface area contributed by atoms with Crippen LogP contribution in [0.25, 0.3) is 0 Å². The van der Waals surface area contributed by atoms with E-state index in [2.05, 4.69) is 48.5 Å². The molecule has 7 heteroatoms. The quantitative estimate of drug-likeness (QED) is 0.445. The predicted molar refractivity (Wildman–Crippen MR) is 123 cm³/mol. The van der Waals surface area contributed by atoms with Crippen LogP contribution in [-0.2, 0) is 10.2 Å². The second-order valence-corrected chi connectivity index (χ2v) is 9.15. The van der Waals surface area contributed by atoms with E-state index in [-0.39, 0.29) is 29.0 Å². The zero-order valence-corrected chi connectivity index (χ0v) is 18.9. The Kier molecular flexibility index (Phi) is 6.43. The number of aromatic nitrogens is 1. The summed E-state index contributed by atoms with van der Waals surface area (Å²) < 4.78 is 5.39. The van der Waals surface area contributed by atoms with E-state index in [9.17, 15) is 9.90 Å². The van der Waals surface area contributed by atoms with Crippen molar-refractivity contribution in [3.8, 4) is 0 Å². The smallest absolute Gasteiger partial charge is 0.247 e. The molecule has 0 aliphatic carbocycles. The van der Waals surface area contributed by atoms with Gasteiger partial charge in [0, 0.05) is 40.9 Å². The van der Waals surface area contributed by atoms with Gasteiger partial charge in [0.15, 0.2) is 5.82 Å². The lowest BCUT2D eigenvalue weighted by atomic mass is 9.92. The topological polar surface area (TPSA) is 99.4 Å². The molecule has 1 amide bonds. The molecule has 0 bridgehead atoms. The maximum Gasteiger partial charge on any atom is 0.247 e. The van der Waals surface area contributed by atoms with E-state index in [0.717, 1.165) is 28.4 Å². The number of nitrogens with one attached hydrogen (secondary N) is 3. The van der Waals surface area contributed by atoms with E-state index in [1.54, 1.807) is 0 Å². The standard InChI is InChI=1S/C24H32N4O3/c1-14(29)7-12-19-15(2)22(25-16(19)3)23(30)27-18-10-8-17(9-11-18)26-21-13-20(31-28-21)24(4,5)6/h8-11,13,15,22,25,29H,1,7,12H2,2-6H3,(H,26,28)(H,27,30). The third-order valence-corrected chi connectivity index (χ3v) is 5.54. The maximum absolute atomic E-state index is 12.8. The zero-order valence-electron chi connectivity index (χ0n) is 18.9. The van der Waals surface area contributed by atoms with Crippen LogP contribution < -0.4 is 16.0 Å². The average Bonchev–Trinajstić information content (AvgIpc) is 3.26. The van der Waals surface area contributed by atoms with Crippen molar-refractivity contribution in [3.63, 3.8) is 0 Å². The van der Waals surface area contributed by atoms with Gasteiger partial charge in [-0.05, 0) is 43.2 Å². The number of anilines is 3. The van der Waals surface area contributed by atoms with Crippen LogP contribution in [0, 0.1) is 5.92 Å². The average molecular weight is 425 g/mol. The molecule has 0 saturated carbocycles. The molecule has 1 aliphatic rings. The monoisotopic (exact) mass is 424 g/mol. The highest BCUT2D eigenvalue weighted by Crippen LogP contribution is 2.31. The lowest BCUT2D eigenvalue weighted by molar-refractivity contribution is -0.118. The molecule has 0 saturated heterocycles. The van der Waals surface area contributed by atoms with Crippen molar-refractivity contribution in [1.29, 1.82) is 0 Å². The molecule has 2 heterocycles. The normalized spacial score (nSPS) is 18.6. The highest BCUT2D eigenvalue weighted by atomic mass is 16.5. The molecule has 31 heavy (non-hydrogen) atoms. The van der Waals surface area contributed by atoms with Crippen LogP contribution in [0.1, 0.15) is 53.2 Å². The van der Waals surface area contributed by atoms with Gasteiger partial charge in [-0.2, -0.15) is 0 Å². The van der Waals surface area contributed by atoms with Gasteiger partial charge in [0.05, 0.1) is 5.76 Å². The molecule has 166 valence electrons. The Morgan fingerprint density at radius 2 is 1.90 bits per heavy atom. The molecule has 3 rings (SSSR count). The van der Waals surface area contributed by atoms with Gasteiger partial charge < -0.3 is 25.6 Å². The van der Waals surface area contributed by atoms with Gasteiger partial charge >= 0.3 is 0 Å². The Balaban J connectivity index is 1.58. The van der Waals surface area contributed by atoms with Crippen molar-refractivity contribution in [2.45, 2.75) is 58.9 Å². The highest BCUT2D eigenvalue weighted by Gasteiger charge is 2.34. The third-order valence-electron chi connectivity index (χ3n) is 5.54. The van der Waals surface area contributed by atoms with E-state index in [0.29, 0.717) is 18.7 Å². The number of allylic oxidation sites excluding steroid dienone is 2. The van der Waals surface area contributed by atoms with Crippen LogP contribution in [0.4, 0.5) is 17.2 Å². The van der Waals surface area contributed by atoms with Crippen molar-refractivity contribution in [2.75, 3.05) is 10.6 Å². The molecule has 2 atom stereocenters. The van der Waals surface area contributed by atoms with Crippen LogP contribution in [0.3, 0.4) is 0 Å². The number of hydrogen-bond acceptors (Lipinski definition) is 6. The summed E-state index contributed by atoms with van der Waals surface area (Å²) in [4.78, 5) is 12.8. The van der Waals surface area contributed by atoms with Gasteiger partial charge in [0.2, 0.25) is 5.91 Å². The maximum atomic E-state index is 12.8. The van der Waals surface area contributed by atoms with Crippen molar-refractivity contribution >= 4 is 23.1 Å². The molecule has 0 radical (unpaired) electrons. The number of hydrogen-bond donors (Lipinski definition) is 4. The minimum Gasteiger partial charge on any atom is -0.513 e. The fourth-order valence-corrected chi connectivity index (χ4v) is 3.67. The van der Waals surface area contributed by atoms with E-state index in [1.807, 2.05) is 44.2 Å². The van der Waals surface area contributed by atoms with Crippen LogP contribution in [0.5, 0.6) is 0 Å². The summed E-state index contributed by atoms with van der Waals surface area (Å²) in [6.45, 7) is 13.7. The van der Waals surface area contributed by atoms with E-state index < -0.39 is 0 Å². The molecule has 1 aromatic heterocycles. The van der Waals surface area contributed by atoms with Crippen molar-refractivity contribution in [2.24, 2.45) is 5.92 Å². The summed E-state index contributed by atoms with van der Waals surface area (Å²) in [5.41, 5.74) is 3.61. The molecule has 7 nitrogen and oxygen atoms in total. The summed E-state index contributed by atoms with van der Waals surface area (Å²) in [6, 6.07) is 9.01. The first-order valence-corrected chi connectivity index (χ1v) is 10.5. The molecular weight excluding hydrogens is 392 g/mol. The number of benzene rings is 1. The molecular formula is C24H32N4O3. The first-order chi connectivity index (χ1) is 14.5. The number of carbonyl (C=O) groups excluding carboxylic acids is 1. The van der Waals surface area contributed by atoms with E-state index in [1.165, 1.54) is 0 Å². The van der Waals surface area contributed by atoms with E-state index in [4.69, 9.17) is 4.52 Å². The summed E-state index contributed by atoms with van der Waals surface area (Å²) in [5.74, 6) is 1.57. The minimum absolute atomic E-state index is 0.0458. The first-order valence-electron chi connectivity index (χ1n) is 10.5. The molecule has 0 spiro atoms. The number of aliphatic hydroxyl groups is 1. The second kappa shape index (κ2) is 8.88. The number of rotatable bonds is 7. The Labute approximate surface area is 183 Å². The van der Waals surface area contributed by atoms with Crippen molar-refractivity contribution < 1.29 is 14.4 Å². The number of carbonyl (C=O) groups is 1. The second-order valence-electron chi connectivity index (χ2n) is 9.15. The van der Waals surface area contributed by atoms with Gasteiger partial charge in [-0.1, -0.05) is 39.4 Å². The molecule has 0 fully saturated rings. The van der Waals surface area contributed by atoms with Gasteiger partial charge in [-0.25, -0.2) is 0 Å². The van der Waals surface area contributed by atoms with Crippen molar-refractivity contribution in [3.05, 3.63) is 59.7 Å². The molecule has 2 unspecified atom stereocenters. The fourth-order valence-electron chi connectivity index (χ4n) is 3.67. The first kappa shape index (κ1) is 22.5. The largest absolute Gasteiger partial charge is 0.513 e. The molecule has 2 aromatic rings. The molecule has 1 aliphatic heterocycles. The summed E-state index contributed by atoms with van der Waals surface area (Å²) in [5, 5.41) is 22.9. The lowest BCUT2D eigenvalue weighted by Crippen LogP contribution is -2.40. The Morgan fingerprint density at radius 1 is 1.26 bits per heavy atom. The predicted octanol–water partition coefficient (Wildman–Crippen LogP) is 5.39. The number of amides is 1. The third kappa shape index (κ3) is 5.48. The molecule has 1 aromatic carbocycles. The van der Waals surface area contributed by atoms with Crippen LogP contribution in [0.2, 0.25) is 0 Å². The van der Waals surface area contributed by atoms with E-state index >= 15 is 0 Å². The SMILES string of the molecule is C=C(O)CCC1=C(C)NC(C(=O)Nc2ccc(Nc3cc(C(C)(C)C)on3)cc2)C1C. The van der Waals surface area contributed by atoms with Crippen LogP contribution >= 0.6 is 0 Å². The van der Waals surface area contributed by atoms with Gasteiger partial charge in [-0.3, -0.25) is 4.79 Å². The van der Waals surface area contributed by atoms with Gasteiger partial charge in [0.25, 0.3) is 0 Å². The summed E-state index contributed by atoms with van der Waals surface area (Å²) >= 11 is 0. The lowest BCUT2D eigenvalue weighted by Gasteiger charge is -2.18. The minimum atomic E-state index is -0.342. The fraction of sp³-hybridized carbons (Fsp3) is 0.417. The Morgan fingerprint density at radius 3 is 2.48 bits per heavy atom. The summed E-state index contributed by atoms with van der Waals surface area (Å²) in [6.07, 6.45) is 1.20. The zero-order chi connectivity index (χ0) is 22.8. The summed E-state index contributed by atoms with van der Waals surface area (Å²) in [7, 11) is 0. The van der Waals surface area contributed by atoms with Crippen LogP contribution in [0.15, 0.2) is 58.5 Å². The highest BCUT2D eigenvalue weighted by molar-refractivity contribution is 5.96. The van der Waals surface area contributed by atoms with Crippen LogP contribution in [-0.4, -0.2) is 22.2 Å². The Hall–Kier alpha value is -3.22.